The second-order valence-corrected chi connectivity index (χ2v) is 6.44. The number of rotatable bonds is 6. The fourth-order valence-corrected chi connectivity index (χ4v) is 2.71. The molecule has 2 N–H and O–H groups in total. The van der Waals surface area contributed by atoms with E-state index in [2.05, 4.69) is 15.6 Å². The van der Waals surface area contributed by atoms with Crippen LogP contribution in [-0.4, -0.2) is 17.4 Å². The number of hydrogen-bond acceptors (Lipinski definition) is 3. The molecule has 0 aliphatic rings. The van der Waals surface area contributed by atoms with Crippen LogP contribution in [0.1, 0.15) is 21.6 Å². The first-order chi connectivity index (χ1) is 12.6. The van der Waals surface area contributed by atoms with Crippen LogP contribution >= 0.6 is 11.6 Å². The molecule has 0 spiro atoms. The van der Waals surface area contributed by atoms with Crippen LogP contribution in [0.5, 0.6) is 0 Å². The standard InChI is InChI=1S/C21H20ClN3O/c1-15-7-8-17(22)13-20(15)25-18-9-10-19(24-14-18)21(26)23-12-11-16-5-3-2-4-6-16/h2-10,13-14,25H,11-12H2,1H3,(H,23,26). The number of hydrogen-bond donors (Lipinski definition) is 2. The molecule has 5 heteroatoms. The van der Waals surface area contributed by atoms with Gasteiger partial charge >= 0.3 is 0 Å². The molecule has 0 radical (unpaired) electrons. The highest BCUT2D eigenvalue weighted by Crippen LogP contribution is 2.23. The zero-order chi connectivity index (χ0) is 18.4. The Morgan fingerprint density at radius 3 is 2.62 bits per heavy atom. The summed E-state index contributed by atoms with van der Waals surface area (Å²) in [7, 11) is 0. The zero-order valence-corrected chi connectivity index (χ0v) is 15.3. The van der Waals surface area contributed by atoms with E-state index in [0.29, 0.717) is 17.3 Å². The maximum atomic E-state index is 12.2. The van der Waals surface area contributed by atoms with E-state index in [9.17, 15) is 4.79 Å². The SMILES string of the molecule is Cc1ccc(Cl)cc1Nc1ccc(C(=O)NCCc2ccccc2)nc1. The summed E-state index contributed by atoms with van der Waals surface area (Å²) >= 11 is 6.03. The van der Waals surface area contributed by atoms with Crippen molar-refractivity contribution >= 4 is 28.9 Å². The summed E-state index contributed by atoms with van der Waals surface area (Å²) in [5, 5.41) is 6.83. The first-order valence-corrected chi connectivity index (χ1v) is 8.81. The predicted octanol–water partition coefficient (Wildman–Crippen LogP) is 4.76. The van der Waals surface area contributed by atoms with Crippen LogP contribution in [0.15, 0.2) is 66.9 Å². The number of pyridine rings is 1. The minimum atomic E-state index is -0.175. The van der Waals surface area contributed by atoms with Gasteiger partial charge in [-0.15, -0.1) is 0 Å². The molecule has 1 amide bonds. The van der Waals surface area contributed by atoms with Crippen LogP contribution in [-0.2, 0) is 6.42 Å². The zero-order valence-electron chi connectivity index (χ0n) is 14.5. The van der Waals surface area contributed by atoms with Crippen molar-refractivity contribution in [3.8, 4) is 0 Å². The summed E-state index contributed by atoms with van der Waals surface area (Å²) < 4.78 is 0. The molecule has 0 saturated carbocycles. The van der Waals surface area contributed by atoms with Gasteiger partial charge in [0.2, 0.25) is 0 Å². The highest BCUT2D eigenvalue weighted by atomic mass is 35.5. The minimum Gasteiger partial charge on any atom is -0.354 e. The Labute approximate surface area is 158 Å². The molecule has 4 nitrogen and oxygen atoms in total. The molecule has 2 aromatic carbocycles. The van der Waals surface area contributed by atoms with Gasteiger partial charge in [0, 0.05) is 17.3 Å². The summed E-state index contributed by atoms with van der Waals surface area (Å²) in [6.07, 6.45) is 2.44. The Bertz CT molecular complexity index is 880. The van der Waals surface area contributed by atoms with E-state index in [-0.39, 0.29) is 5.91 Å². The lowest BCUT2D eigenvalue weighted by Crippen LogP contribution is -2.26. The van der Waals surface area contributed by atoms with Gasteiger partial charge in [-0.3, -0.25) is 4.79 Å². The average Bonchev–Trinajstić information content (AvgIpc) is 2.66. The van der Waals surface area contributed by atoms with Gasteiger partial charge in [-0.1, -0.05) is 48.0 Å². The molecule has 0 bridgehead atoms. The predicted molar refractivity (Wildman–Crippen MR) is 106 cm³/mol. The highest BCUT2D eigenvalue weighted by molar-refractivity contribution is 6.30. The van der Waals surface area contributed by atoms with Gasteiger partial charge < -0.3 is 10.6 Å². The fraction of sp³-hybridized carbons (Fsp3) is 0.143. The monoisotopic (exact) mass is 365 g/mol. The molecule has 1 aromatic heterocycles. The number of carbonyl (C=O) groups excluding carboxylic acids is 1. The van der Waals surface area contributed by atoms with Crippen LogP contribution in [0, 0.1) is 6.92 Å². The van der Waals surface area contributed by atoms with Gasteiger partial charge in [0.15, 0.2) is 0 Å². The Hall–Kier alpha value is -2.85. The highest BCUT2D eigenvalue weighted by Gasteiger charge is 2.07. The molecule has 0 atom stereocenters. The Balaban J connectivity index is 1.56. The first kappa shape index (κ1) is 18.0. The largest absolute Gasteiger partial charge is 0.354 e. The van der Waals surface area contributed by atoms with Crippen LogP contribution in [0.25, 0.3) is 0 Å². The van der Waals surface area contributed by atoms with E-state index in [0.717, 1.165) is 23.4 Å². The number of aromatic nitrogens is 1. The van der Waals surface area contributed by atoms with Crippen LogP contribution < -0.4 is 10.6 Å². The van der Waals surface area contributed by atoms with Gasteiger partial charge in [-0.2, -0.15) is 0 Å². The normalized spacial score (nSPS) is 10.4. The van der Waals surface area contributed by atoms with Crippen molar-refractivity contribution in [1.29, 1.82) is 0 Å². The molecule has 26 heavy (non-hydrogen) atoms. The number of halogens is 1. The fourth-order valence-electron chi connectivity index (χ4n) is 2.54. The maximum absolute atomic E-state index is 12.2. The van der Waals surface area contributed by atoms with Crippen molar-refractivity contribution in [3.05, 3.63) is 88.7 Å². The molecule has 3 aromatic rings. The molecule has 0 unspecified atom stereocenters. The van der Waals surface area contributed by atoms with E-state index < -0.39 is 0 Å². The van der Waals surface area contributed by atoms with Crippen molar-refractivity contribution in [2.45, 2.75) is 13.3 Å². The molecular formula is C21H20ClN3O. The molecule has 0 saturated heterocycles. The van der Waals surface area contributed by atoms with Crippen molar-refractivity contribution in [2.75, 3.05) is 11.9 Å². The van der Waals surface area contributed by atoms with Gasteiger partial charge in [0.1, 0.15) is 5.69 Å². The van der Waals surface area contributed by atoms with E-state index in [1.165, 1.54) is 5.56 Å². The average molecular weight is 366 g/mol. The second kappa shape index (κ2) is 8.50. The third-order valence-electron chi connectivity index (χ3n) is 4.02. The second-order valence-electron chi connectivity index (χ2n) is 6.01. The summed E-state index contributed by atoms with van der Waals surface area (Å²) in [5.41, 5.74) is 4.39. The summed E-state index contributed by atoms with van der Waals surface area (Å²) in [6, 6.07) is 19.3. The smallest absolute Gasteiger partial charge is 0.269 e. The molecule has 132 valence electrons. The number of aryl methyl sites for hydroxylation is 1. The number of nitrogens with one attached hydrogen (secondary N) is 2. The van der Waals surface area contributed by atoms with Gasteiger partial charge in [-0.25, -0.2) is 4.98 Å². The number of carbonyl (C=O) groups is 1. The molecule has 0 aliphatic heterocycles. The van der Waals surface area contributed by atoms with Gasteiger partial charge in [-0.05, 0) is 48.7 Å². The van der Waals surface area contributed by atoms with Gasteiger partial charge in [0.05, 0.1) is 11.9 Å². The lowest BCUT2D eigenvalue weighted by Gasteiger charge is -2.10. The first-order valence-electron chi connectivity index (χ1n) is 8.43. The van der Waals surface area contributed by atoms with E-state index >= 15 is 0 Å². The minimum absolute atomic E-state index is 0.175. The molecular weight excluding hydrogens is 346 g/mol. The summed E-state index contributed by atoms with van der Waals surface area (Å²) in [4.78, 5) is 16.4. The molecule has 0 fully saturated rings. The van der Waals surface area contributed by atoms with Crippen molar-refractivity contribution in [2.24, 2.45) is 0 Å². The Morgan fingerprint density at radius 2 is 1.88 bits per heavy atom. The van der Waals surface area contributed by atoms with Crippen LogP contribution in [0.3, 0.4) is 0 Å². The summed E-state index contributed by atoms with van der Waals surface area (Å²) in [6.45, 7) is 2.58. The Kier molecular flexibility index (Phi) is 5.87. The number of nitrogens with zero attached hydrogens (tertiary/aromatic N) is 1. The van der Waals surface area contributed by atoms with Crippen molar-refractivity contribution in [1.82, 2.24) is 10.3 Å². The third kappa shape index (κ3) is 4.83. The maximum Gasteiger partial charge on any atom is 0.269 e. The van der Waals surface area contributed by atoms with Crippen LogP contribution in [0.4, 0.5) is 11.4 Å². The molecule has 3 rings (SSSR count). The molecule has 1 heterocycles. The van der Waals surface area contributed by atoms with Crippen molar-refractivity contribution < 1.29 is 4.79 Å². The third-order valence-corrected chi connectivity index (χ3v) is 4.25. The number of anilines is 2. The quantitative estimate of drug-likeness (QED) is 0.662. The number of amides is 1. The van der Waals surface area contributed by atoms with E-state index in [4.69, 9.17) is 11.6 Å². The van der Waals surface area contributed by atoms with Gasteiger partial charge in [0.25, 0.3) is 5.91 Å². The lowest BCUT2D eigenvalue weighted by atomic mass is 10.1. The van der Waals surface area contributed by atoms with Crippen molar-refractivity contribution in [3.63, 3.8) is 0 Å². The Morgan fingerprint density at radius 1 is 1.08 bits per heavy atom. The molecule has 0 aliphatic carbocycles. The van der Waals surface area contributed by atoms with E-state index in [1.807, 2.05) is 61.5 Å². The topological polar surface area (TPSA) is 54.0 Å². The van der Waals surface area contributed by atoms with Crippen LogP contribution in [0.2, 0.25) is 5.02 Å². The summed E-state index contributed by atoms with van der Waals surface area (Å²) in [5.74, 6) is -0.175. The van der Waals surface area contributed by atoms with E-state index in [1.54, 1.807) is 12.3 Å². The number of benzene rings is 2. The lowest BCUT2D eigenvalue weighted by molar-refractivity contribution is 0.0949.